The van der Waals surface area contributed by atoms with E-state index in [0.717, 1.165) is 22.0 Å². The molecular formula is C31H26ClN5O4. The Morgan fingerprint density at radius 2 is 1.80 bits per heavy atom. The first-order valence-electron chi connectivity index (χ1n) is 13.4. The highest BCUT2D eigenvalue weighted by Crippen LogP contribution is 2.55. The molecule has 0 radical (unpaired) electrons. The van der Waals surface area contributed by atoms with Crippen LogP contribution in [0.1, 0.15) is 23.6 Å². The third-order valence-corrected chi connectivity index (χ3v) is 8.76. The maximum Gasteiger partial charge on any atom is 0.250 e. The molecule has 3 aliphatic rings. The minimum atomic E-state index is -1.47. The van der Waals surface area contributed by atoms with Crippen molar-refractivity contribution in [1.29, 1.82) is 0 Å². The van der Waals surface area contributed by atoms with Crippen LogP contribution in [0.25, 0.3) is 10.9 Å². The average molecular weight is 568 g/mol. The Morgan fingerprint density at radius 3 is 2.56 bits per heavy atom. The van der Waals surface area contributed by atoms with Crippen LogP contribution in [0, 0.1) is 18.8 Å². The summed E-state index contributed by atoms with van der Waals surface area (Å²) in [5.74, 6) is -3.23. The lowest BCUT2D eigenvalue weighted by Crippen LogP contribution is -2.53. The highest BCUT2D eigenvalue weighted by molar-refractivity contribution is 6.31. The summed E-state index contributed by atoms with van der Waals surface area (Å²) in [6.07, 6.45) is 2.33. The third-order valence-electron chi connectivity index (χ3n) is 8.55. The van der Waals surface area contributed by atoms with Crippen molar-refractivity contribution in [2.45, 2.75) is 31.8 Å². The molecule has 0 aliphatic carbocycles. The summed E-state index contributed by atoms with van der Waals surface area (Å²) in [6.45, 7) is 3.26. The van der Waals surface area contributed by atoms with Gasteiger partial charge in [0, 0.05) is 52.0 Å². The van der Waals surface area contributed by atoms with Gasteiger partial charge in [0.05, 0.1) is 17.5 Å². The van der Waals surface area contributed by atoms with Crippen LogP contribution in [0.4, 0.5) is 17.1 Å². The fraction of sp³-hybridized carbons (Fsp3) is 0.226. The van der Waals surface area contributed by atoms with Gasteiger partial charge in [0.1, 0.15) is 5.54 Å². The van der Waals surface area contributed by atoms with Gasteiger partial charge in [-0.3, -0.25) is 24.5 Å². The highest BCUT2D eigenvalue weighted by Gasteiger charge is 2.70. The number of H-pyrrole nitrogens is 1. The lowest BCUT2D eigenvalue weighted by atomic mass is 9.76. The predicted molar refractivity (Wildman–Crippen MR) is 156 cm³/mol. The number of imide groups is 1. The Bertz CT molecular complexity index is 1800. The normalized spacial score (nSPS) is 24.7. The number of para-hydroxylation sites is 1. The summed E-state index contributed by atoms with van der Waals surface area (Å²) in [4.78, 5) is 58.3. The lowest BCUT2D eigenvalue weighted by molar-refractivity contribution is -0.130. The van der Waals surface area contributed by atoms with Crippen molar-refractivity contribution in [3.8, 4) is 0 Å². The topological polar surface area (TPSA) is 123 Å². The largest absolute Gasteiger partial charge is 0.361 e. The van der Waals surface area contributed by atoms with Crippen LogP contribution >= 0.6 is 11.6 Å². The minimum Gasteiger partial charge on any atom is -0.361 e. The first-order chi connectivity index (χ1) is 19.7. The first kappa shape index (κ1) is 25.5. The Morgan fingerprint density at radius 1 is 1.05 bits per heavy atom. The number of hydrogen-bond acceptors (Lipinski definition) is 5. The number of carbonyl (C=O) groups excluding carboxylic acids is 4. The second-order valence-corrected chi connectivity index (χ2v) is 11.4. The molecule has 1 aromatic heterocycles. The molecule has 0 unspecified atom stereocenters. The van der Waals surface area contributed by atoms with Crippen molar-refractivity contribution in [3.63, 3.8) is 0 Å². The molecule has 4 heterocycles. The molecule has 206 valence electrons. The minimum absolute atomic E-state index is 0.228. The Hall–Kier alpha value is -4.47. The molecule has 4 amide bonds. The molecule has 4 atom stereocenters. The van der Waals surface area contributed by atoms with E-state index in [9.17, 15) is 19.2 Å². The molecule has 0 saturated carbocycles. The van der Waals surface area contributed by atoms with E-state index in [-0.39, 0.29) is 17.7 Å². The summed E-state index contributed by atoms with van der Waals surface area (Å²) in [7, 11) is 0. The van der Waals surface area contributed by atoms with Crippen LogP contribution in [0.15, 0.2) is 66.9 Å². The van der Waals surface area contributed by atoms with Gasteiger partial charge in [0.25, 0.3) is 0 Å². The Labute approximate surface area is 240 Å². The lowest BCUT2D eigenvalue weighted by Gasteiger charge is -2.29. The van der Waals surface area contributed by atoms with E-state index >= 15 is 0 Å². The van der Waals surface area contributed by atoms with Gasteiger partial charge in [0.15, 0.2) is 0 Å². The number of amides is 4. The number of aromatic amines is 1. The molecule has 7 rings (SSSR count). The van der Waals surface area contributed by atoms with Gasteiger partial charge in [-0.25, -0.2) is 4.90 Å². The Balaban J connectivity index is 1.35. The molecule has 3 aliphatic heterocycles. The summed E-state index contributed by atoms with van der Waals surface area (Å²) in [5.41, 5.74) is 3.36. The van der Waals surface area contributed by atoms with Gasteiger partial charge in [-0.1, -0.05) is 29.8 Å². The van der Waals surface area contributed by atoms with Crippen LogP contribution in [-0.2, 0) is 31.1 Å². The van der Waals surface area contributed by atoms with Crippen LogP contribution in [0.3, 0.4) is 0 Å². The van der Waals surface area contributed by atoms with Crippen molar-refractivity contribution in [3.05, 3.63) is 88.6 Å². The summed E-state index contributed by atoms with van der Waals surface area (Å²) in [5, 5.41) is 10.6. The standard InChI is InChI=1S/C31H26ClN5O4/c1-15-11-18(32)13-22-27(15)35-30(41)31(22)26-25(24(36-31)12-17-14-33-23-6-4-3-5-21(17)23)28(39)37(29(26)40)20-9-7-19(8-10-20)34-16(2)38/h3-11,13-14,24-26,33,36H,12H2,1-2H3,(H,34,38)(H,35,41)/t24-,25-,26+,31+/m1/s1. The van der Waals surface area contributed by atoms with Gasteiger partial charge in [-0.05, 0) is 66.9 Å². The quantitative estimate of drug-likeness (QED) is 0.274. The van der Waals surface area contributed by atoms with E-state index in [1.807, 2.05) is 37.4 Å². The number of nitrogens with one attached hydrogen (secondary N) is 4. The maximum atomic E-state index is 14.3. The van der Waals surface area contributed by atoms with Crippen molar-refractivity contribution in [2.24, 2.45) is 11.8 Å². The van der Waals surface area contributed by atoms with Crippen molar-refractivity contribution in [1.82, 2.24) is 10.3 Å². The van der Waals surface area contributed by atoms with Crippen molar-refractivity contribution in [2.75, 3.05) is 15.5 Å². The summed E-state index contributed by atoms with van der Waals surface area (Å²) in [6, 6.07) is 17.4. The molecule has 0 bridgehead atoms. The predicted octanol–water partition coefficient (Wildman–Crippen LogP) is 4.26. The van der Waals surface area contributed by atoms with Gasteiger partial charge in [-0.15, -0.1) is 0 Å². The second kappa shape index (κ2) is 9.02. The van der Waals surface area contributed by atoms with Crippen LogP contribution < -0.4 is 20.9 Å². The monoisotopic (exact) mass is 567 g/mol. The highest BCUT2D eigenvalue weighted by atomic mass is 35.5. The number of benzene rings is 3. The number of aromatic nitrogens is 1. The van der Waals surface area contributed by atoms with Gasteiger partial charge < -0.3 is 15.6 Å². The summed E-state index contributed by atoms with van der Waals surface area (Å²) >= 11 is 6.47. The number of rotatable bonds is 4. The maximum absolute atomic E-state index is 14.3. The molecule has 4 N–H and O–H groups in total. The average Bonchev–Trinajstić information content (AvgIpc) is 3.64. The number of nitrogens with zero attached hydrogens (tertiary/aromatic N) is 1. The fourth-order valence-electron chi connectivity index (χ4n) is 6.90. The van der Waals surface area contributed by atoms with Gasteiger partial charge in [0.2, 0.25) is 23.6 Å². The first-order valence-corrected chi connectivity index (χ1v) is 13.8. The molecule has 3 aromatic carbocycles. The zero-order valence-corrected chi connectivity index (χ0v) is 23.0. The third kappa shape index (κ3) is 3.66. The van der Waals surface area contributed by atoms with E-state index in [4.69, 9.17) is 11.6 Å². The van der Waals surface area contributed by atoms with Crippen molar-refractivity contribution < 1.29 is 19.2 Å². The van der Waals surface area contributed by atoms with E-state index in [1.54, 1.807) is 36.4 Å². The zero-order valence-electron chi connectivity index (χ0n) is 22.2. The SMILES string of the molecule is CC(=O)Nc1ccc(N2C(=O)[C@H]3[C@@H](C2=O)[C@]2(N[C@@H]3Cc3c[nH]c4ccccc34)C(=O)Nc3c(C)cc(Cl)cc32)cc1. The second-order valence-electron chi connectivity index (χ2n) is 11.0. The molecule has 10 heteroatoms. The molecular weight excluding hydrogens is 542 g/mol. The number of carbonyl (C=O) groups is 4. The fourth-order valence-corrected chi connectivity index (χ4v) is 7.17. The molecule has 2 fully saturated rings. The Kier molecular flexibility index (Phi) is 5.61. The van der Waals surface area contributed by atoms with Crippen molar-refractivity contribution >= 4 is 63.2 Å². The number of anilines is 3. The smallest absolute Gasteiger partial charge is 0.250 e. The van der Waals surface area contributed by atoms with E-state index < -0.39 is 29.3 Å². The molecule has 9 nitrogen and oxygen atoms in total. The van der Waals surface area contributed by atoms with E-state index in [0.29, 0.717) is 34.1 Å². The summed E-state index contributed by atoms with van der Waals surface area (Å²) < 4.78 is 0. The van der Waals surface area contributed by atoms with Crippen LogP contribution in [0.2, 0.25) is 5.02 Å². The number of halogens is 1. The van der Waals surface area contributed by atoms with Gasteiger partial charge in [-0.2, -0.15) is 0 Å². The molecule has 1 spiro atoms. The van der Waals surface area contributed by atoms with E-state index in [1.165, 1.54) is 11.8 Å². The zero-order chi connectivity index (χ0) is 28.6. The number of hydrogen-bond donors (Lipinski definition) is 4. The van der Waals surface area contributed by atoms with Crippen LogP contribution in [-0.4, -0.2) is 34.7 Å². The van der Waals surface area contributed by atoms with E-state index in [2.05, 4.69) is 20.9 Å². The number of aryl methyl sites for hydroxylation is 1. The molecule has 4 aromatic rings. The molecule has 41 heavy (non-hydrogen) atoms. The van der Waals surface area contributed by atoms with Gasteiger partial charge >= 0.3 is 0 Å². The van der Waals surface area contributed by atoms with Crippen LogP contribution in [0.5, 0.6) is 0 Å². The number of fused-ring (bicyclic) bond motifs is 5. The molecule has 2 saturated heterocycles.